The molecule has 0 bridgehead atoms. The topological polar surface area (TPSA) is 76.5 Å². The zero-order valence-corrected chi connectivity index (χ0v) is 19.0. The number of fused-ring (bicyclic) bond motifs is 1. The summed E-state index contributed by atoms with van der Waals surface area (Å²) in [7, 11) is 5.57. The molecule has 1 aliphatic carbocycles. The van der Waals surface area contributed by atoms with Gasteiger partial charge in [0.1, 0.15) is 10.8 Å². The Morgan fingerprint density at radius 3 is 2.80 bits per heavy atom. The number of benzene rings is 1. The van der Waals surface area contributed by atoms with Crippen LogP contribution in [0.4, 0.5) is 5.69 Å². The quantitative estimate of drug-likeness (QED) is 0.513. The molecule has 0 radical (unpaired) electrons. The molecule has 0 spiro atoms. The highest BCUT2D eigenvalue weighted by atomic mass is 32.2. The van der Waals surface area contributed by atoms with Gasteiger partial charge in [-0.1, -0.05) is 17.8 Å². The van der Waals surface area contributed by atoms with E-state index in [1.165, 1.54) is 11.8 Å². The second-order valence-corrected chi connectivity index (χ2v) is 8.79. The lowest BCUT2D eigenvalue weighted by Crippen LogP contribution is -2.33. The van der Waals surface area contributed by atoms with Crippen molar-refractivity contribution in [1.82, 2.24) is 14.5 Å². The van der Waals surface area contributed by atoms with Crippen LogP contribution in [-0.2, 0) is 24.2 Å². The number of hydrogen-bond acceptors (Lipinski definition) is 6. The number of aryl methyl sites for hydroxylation is 1. The van der Waals surface area contributed by atoms with Crippen molar-refractivity contribution in [2.45, 2.75) is 44.2 Å². The number of aromatic nitrogens is 2. The lowest BCUT2D eigenvalue weighted by molar-refractivity contribution is -0.113. The molecule has 1 amide bonds. The van der Waals surface area contributed by atoms with Crippen molar-refractivity contribution in [2.75, 3.05) is 38.8 Å². The number of amides is 1. The van der Waals surface area contributed by atoms with E-state index in [0.29, 0.717) is 23.0 Å². The average Bonchev–Trinajstić information content (AvgIpc) is 2.71. The lowest BCUT2D eigenvalue weighted by Gasteiger charge is -2.23. The van der Waals surface area contributed by atoms with Crippen molar-refractivity contribution in [2.24, 2.45) is 0 Å². The number of likely N-dealkylation sites (N-methyl/N-ethyl adjacent to an activating group) is 1. The lowest BCUT2D eigenvalue weighted by atomic mass is 9.97. The van der Waals surface area contributed by atoms with Crippen molar-refractivity contribution in [3.63, 3.8) is 0 Å². The molecule has 1 aliphatic rings. The summed E-state index contributed by atoms with van der Waals surface area (Å²) in [6.45, 7) is 3.40. The average molecular weight is 431 g/mol. The number of carbonyl (C=O) groups is 1. The molecule has 0 saturated carbocycles. The van der Waals surface area contributed by atoms with Crippen molar-refractivity contribution >= 4 is 23.4 Å². The molecular weight excluding hydrogens is 400 g/mol. The van der Waals surface area contributed by atoms with E-state index < -0.39 is 0 Å². The zero-order valence-electron chi connectivity index (χ0n) is 18.2. The molecule has 2 aromatic rings. The van der Waals surface area contributed by atoms with Crippen molar-refractivity contribution in [1.29, 1.82) is 0 Å². The first kappa shape index (κ1) is 22.4. The number of nitrogens with zero attached hydrogens (tertiary/aromatic N) is 3. The molecule has 0 aliphatic heterocycles. The fourth-order valence-electron chi connectivity index (χ4n) is 3.64. The Morgan fingerprint density at radius 1 is 1.30 bits per heavy atom. The summed E-state index contributed by atoms with van der Waals surface area (Å²) in [4.78, 5) is 31.6. The Hall–Kier alpha value is -2.32. The van der Waals surface area contributed by atoms with Gasteiger partial charge in [0.25, 0.3) is 0 Å². The fourth-order valence-corrected chi connectivity index (χ4v) is 4.51. The van der Waals surface area contributed by atoms with Crippen molar-refractivity contribution in [3.05, 3.63) is 45.5 Å². The van der Waals surface area contributed by atoms with E-state index >= 15 is 0 Å². The minimum absolute atomic E-state index is 0.146. The zero-order chi connectivity index (χ0) is 21.7. The fraction of sp³-hybridized carbons (Fsp3) is 0.500. The third-order valence-electron chi connectivity index (χ3n) is 5.19. The highest BCUT2D eigenvalue weighted by Crippen LogP contribution is 2.29. The molecule has 3 rings (SSSR count). The van der Waals surface area contributed by atoms with Crippen LogP contribution in [0.15, 0.2) is 28.0 Å². The van der Waals surface area contributed by atoms with Crippen molar-refractivity contribution in [3.8, 4) is 5.75 Å². The molecule has 30 heavy (non-hydrogen) atoms. The molecule has 1 N–H and O–H groups in total. The number of nitrogens with one attached hydrogen (secondary N) is 1. The third kappa shape index (κ3) is 5.43. The van der Waals surface area contributed by atoms with Crippen LogP contribution < -0.4 is 15.7 Å². The van der Waals surface area contributed by atoms with Gasteiger partial charge < -0.3 is 15.0 Å². The molecule has 0 fully saturated rings. The summed E-state index contributed by atoms with van der Waals surface area (Å²) >= 11 is 1.34. The monoisotopic (exact) mass is 430 g/mol. The van der Waals surface area contributed by atoms with Gasteiger partial charge >= 0.3 is 5.69 Å². The Bertz CT molecular complexity index is 972. The Labute approximate surface area is 181 Å². The molecule has 8 heteroatoms. The maximum atomic E-state index is 12.7. The summed E-state index contributed by atoms with van der Waals surface area (Å²) < 4.78 is 7.14. The summed E-state index contributed by atoms with van der Waals surface area (Å²) in [6, 6.07) is 5.65. The number of rotatable bonds is 8. The molecule has 162 valence electrons. The van der Waals surface area contributed by atoms with Crippen LogP contribution in [0.1, 0.15) is 29.7 Å². The first-order chi connectivity index (χ1) is 14.4. The van der Waals surface area contributed by atoms with Gasteiger partial charge in [-0.25, -0.2) is 4.79 Å². The smallest absolute Gasteiger partial charge is 0.348 e. The first-order valence-corrected chi connectivity index (χ1v) is 11.2. The van der Waals surface area contributed by atoms with Gasteiger partial charge in [0, 0.05) is 24.3 Å². The minimum atomic E-state index is -0.222. The Morgan fingerprint density at radius 2 is 2.07 bits per heavy atom. The van der Waals surface area contributed by atoms with Crippen LogP contribution in [-0.4, -0.2) is 53.9 Å². The third-order valence-corrected chi connectivity index (χ3v) is 6.21. The predicted octanol–water partition coefficient (Wildman–Crippen LogP) is 2.73. The van der Waals surface area contributed by atoms with E-state index in [9.17, 15) is 9.59 Å². The summed E-state index contributed by atoms with van der Waals surface area (Å²) in [5, 5.41) is 3.61. The van der Waals surface area contributed by atoms with Crippen LogP contribution in [0.5, 0.6) is 5.75 Å². The molecule has 1 aromatic heterocycles. The van der Waals surface area contributed by atoms with Crippen LogP contribution in [0.25, 0.3) is 0 Å². The predicted molar refractivity (Wildman–Crippen MR) is 121 cm³/mol. The first-order valence-electron chi connectivity index (χ1n) is 10.2. The summed E-state index contributed by atoms with van der Waals surface area (Å²) in [5.41, 5.74) is 3.69. The minimum Gasteiger partial charge on any atom is -0.495 e. The van der Waals surface area contributed by atoms with E-state index in [1.54, 1.807) is 7.11 Å². The number of ether oxygens (including phenoxy) is 1. The van der Waals surface area contributed by atoms with Gasteiger partial charge in [0.2, 0.25) is 5.91 Å². The van der Waals surface area contributed by atoms with Gasteiger partial charge in [0.05, 0.1) is 18.6 Å². The molecule has 1 heterocycles. The van der Waals surface area contributed by atoms with E-state index in [-0.39, 0.29) is 17.3 Å². The van der Waals surface area contributed by atoms with Crippen LogP contribution in [0.2, 0.25) is 0 Å². The second-order valence-electron chi connectivity index (χ2n) is 7.83. The molecule has 0 atom stereocenters. The van der Waals surface area contributed by atoms with E-state index in [4.69, 9.17) is 4.74 Å². The molecule has 1 aromatic carbocycles. The Kier molecular flexibility index (Phi) is 7.55. The van der Waals surface area contributed by atoms with Gasteiger partial charge in [-0.15, -0.1) is 0 Å². The SMILES string of the molecule is COc1ccc(C)cc1NC(=O)CSc1nc(=O)n(CCN(C)C)c2c1CCCC2. The van der Waals surface area contributed by atoms with E-state index in [2.05, 4.69) is 15.2 Å². The number of anilines is 1. The normalized spacial score (nSPS) is 13.2. The maximum Gasteiger partial charge on any atom is 0.348 e. The van der Waals surface area contributed by atoms with Crippen LogP contribution in [0.3, 0.4) is 0 Å². The van der Waals surface area contributed by atoms with Crippen molar-refractivity contribution < 1.29 is 9.53 Å². The summed E-state index contributed by atoms with van der Waals surface area (Å²) in [6.07, 6.45) is 3.96. The van der Waals surface area contributed by atoms with Gasteiger partial charge in [-0.2, -0.15) is 4.98 Å². The van der Waals surface area contributed by atoms with Gasteiger partial charge in [0.15, 0.2) is 0 Å². The number of hydrogen-bond donors (Lipinski definition) is 1. The molecule has 7 nitrogen and oxygen atoms in total. The number of thioether (sulfide) groups is 1. The van der Waals surface area contributed by atoms with Gasteiger partial charge in [-0.3, -0.25) is 9.36 Å². The summed E-state index contributed by atoms with van der Waals surface area (Å²) in [5.74, 6) is 0.669. The van der Waals surface area contributed by atoms with E-state index in [0.717, 1.165) is 49.0 Å². The van der Waals surface area contributed by atoms with Crippen LogP contribution >= 0.6 is 11.8 Å². The van der Waals surface area contributed by atoms with E-state index in [1.807, 2.05) is 43.8 Å². The number of methoxy groups -OCH3 is 1. The molecular formula is C22H30N4O3S. The highest BCUT2D eigenvalue weighted by Gasteiger charge is 2.21. The second kappa shape index (κ2) is 10.1. The maximum absolute atomic E-state index is 12.7. The standard InChI is InChI=1S/C22H30N4O3S/c1-15-9-10-19(29-4)17(13-15)23-20(27)14-30-21-16-7-5-6-8-18(16)26(22(28)24-21)12-11-25(2)3/h9-10,13H,5-8,11-12,14H2,1-4H3,(H,23,27). The Balaban J connectivity index is 1.75. The molecule has 0 unspecified atom stereocenters. The highest BCUT2D eigenvalue weighted by molar-refractivity contribution is 8.00. The largest absolute Gasteiger partial charge is 0.495 e. The molecule has 0 saturated heterocycles. The van der Waals surface area contributed by atoms with Gasteiger partial charge in [-0.05, 0) is 64.4 Å². The van der Waals surface area contributed by atoms with Crippen LogP contribution in [0, 0.1) is 6.92 Å². The number of carbonyl (C=O) groups excluding carboxylic acids is 1.